The van der Waals surface area contributed by atoms with E-state index in [1.165, 1.54) is 5.56 Å². The third kappa shape index (κ3) is 5.17. The zero-order chi connectivity index (χ0) is 30.9. The number of anilines is 2. The number of ether oxygens (including phenoxy) is 3. The van der Waals surface area contributed by atoms with E-state index in [9.17, 15) is 9.59 Å². The molecule has 0 N–H and O–H groups in total. The van der Waals surface area contributed by atoms with Gasteiger partial charge in [0.15, 0.2) is 5.75 Å². The van der Waals surface area contributed by atoms with Crippen LogP contribution in [-0.4, -0.2) is 81.8 Å². The molecule has 0 saturated carbocycles. The molecule has 1 amide bonds. The monoisotopic (exact) mass is 598 g/mol. The summed E-state index contributed by atoms with van der Waals surface area (Å²) in [6.45, 7) is 10.2. The number of piperazine rings is 1. The predicted molar refractivity (Wildman–Crippen MR) is 173 cm³/mol. The van der Waals surface area contributed by atoms with Gasteiger partial charge in [-0.2, -0.15) is 0 Å². The number of carbonyl (C=O) groups is 2. The summed E-state index contributed by atoms with van der Waals surface area (Å²) in [5.41, 5.74) is 3.18. The van der Waals surface area contributed by atoms with Crippen LogP contribution in [0.15, 0.2) is 59.6 Å². The minimum atomic E-state index is -0.766. The smallest absolute Gasteiger partial charge is 0.306 e. The molecule has 1 unspecified atom stereocenters. The van der Waals surface area contributed by atoms with Gasteiger partial charge in [-0.3, -0.25) is 14.6 Å². The van der Waals surface area contributed by atoms with Crippen LogP contribution in [0, 0.1) is 0 Å². The van der Waals surface area contributed by atoms with Crippen LogP contribution < -0.4 is 14.5 Å². The van der Waals surface area contributed by atoms with E-state index in [0.717, 1.165) is 40.0 Å². The Balaban J connectivity index is 1.16. The van der Waals surface area contributed by atoms with Crippen LogP contribution in [0.4, 0.5) is 17.1 Å². The Kier molecular flexibility index (Phi) is 8.24. The summed E-state index contributed by atoms with van der Waals surface area (Å²) in [7, 11) is 2.07. The molecule has 3 aliphatic rings. The van der Waals surface area contributed by atoms with Gasteiger partial charge in [0, 0.05) is 74.5 Å². The molecule has 44 heavy (non-hydrogen) atoms. The first kappa shape index (κ1) is 29.9. The minimum Gasteiger partial charge on any atom is -0.463 e. The van der Waals surface area contributed by atoms with E-state index >= 15 is 0 Å². The van der Waals surface area contributed by atoms with E-state index < -0.39 is 5.72 Å². The van der Waals surface area contributed by atoms with Crippen LogP contribution >= 0.6 is 0 Å². The molecule has 1 atom stereocenters. The highest BCUT2D eigenvalue weighted by molar-refractivity contribution is 6.06. The van der Waals surface area contributed by atoms with Gasteiger partial charge in [-0.05, 0) is 31.9 Å². The van der Waals surface area contributed by atoms with Crippen molar-refractivity contribution in [2.45, 2.75) is 51.2 Å². The Morgan fingerprint density at radius 1 is 0.909 bits per heavy atom. The lowest BCUT2D eigenvalue weighted by atomic mass is 9.77. The molecular weight excluding hydrogens is 556 g/mol. The van der Waals surface area contributed by atoms with Crippen molar-refractivity contribution < 1.29 is 23.8 Å². The molecule has 3 aromatic carbocycles. The highest BCUT2D eigenvalue weighted by Crippen LogP contribution is 2.55. The zero-order valence-electron chi connectivity index (χ0n) is 26.2. The maximum atomic E-state index is 12.9. The average molecular weight is 599 g/mol. The SMILES string of the molecule is CCCOCCOC(=O)CCC(=O)N1CCN(c2cc3c(c4ccccc24)N=CC2(O3)N(C)c3ccccc3C2(C)C)CC1. The Labute approximate surface area is 259 Å². The topological polar surface area (TPSA) is 83.9 Å². The molecule has 0 bridgehead atoms. The molecule has 6 rings (SSSR count). The summed E-state index contributed by atoms with van der Waals surface area (Å²) >= 11 is 0. The van der Waals surface area contributed by atoms with Gasteiger partial charge in [-0.1, -0.05) is 49.4 Å². The molecule has 232 valence electrons. The molecule has 3 aromatic rings. The van der Waals surface area contributed by atoms with Crippen molar-refractivity contribution >= 4 is 45.9 Å². The second-order valence-corrected chi connectivity index (χ2v) is 12.2. The molecule has 1 saturated heterocycles. The van der Waals surface area contributed by atoms with Crippen LogP contribution in [0.2, 0.25) is 0 Å². The number of amides is 1. The first-order valence-electron chi connectivity index (χ1n) is 15.7. The van der Waals surface area contributed by atoms with E-state index in [1.807, 2.05) is 30.2 Å². The summed E-state index contributed by atoms with van der Waals surface area (Å²) in [5.74, 6) is 0.369. The molecular formula is C35H42N4O5. The summed E-state index contributed by atoms with van der Waals surface area (Å²) < 4.78 is 17.6. The second-order valence-electron chi connectivity index (χ2n) is 12.2. The number of aliphatic imine (C=N–C) groups is 1. The highest BCUT2D eigenvalue weighted by atomic mass is 16.6. The standard InChI is InChI=1S/C35H42N4O5/c1-5-20-42-21-22-43-32(41)15-14-31(40)39-18-16-38(17-19-39)29-23-30-33(26-11-7-6-10-25(26)29)36-24-35(44-30)34(2,3)27-12-8-9-13-28(27)37(35)4/h6-13,23-24H,5,14-22H2,1-4H3. The van der Waals surface area contributed by atoms with Crippen LogP contribution in [0.5, 0.6) is 5.75 Å². The molecule has 9 heteroatoms. The Bertz CT molecular complexity index is 1580. The van der Waals surface area contributed by atoms with Gasteiger partial charge in [-0.15, -0.1) is 0 Å². The lowest BCUT2D eigenvalue weighted by molar-refractivity contribution is -0.147. The summed E-state index contributed by atoms with van der Waals surface area (Å²) in [5, 5.41) is 2.15. The van der Waals surface area contributed by atoms with Gasteiger partial charge in [0.1, 0.15) is 12.3 Å². The Hall–Kier alpha value is -4.11. The van der Waals surface area contributed by atoms with Gasteiger partial charge >= 0.3 is 5.97 Å². The normalized spacial score (nSPS) is 20.0. The maximum Gasteiger partial charge on any atom is 0.306 e. The largest absolute Gasteiger partial charge is 0.463 e. The average Bonchev–Trinajstić information content (AvgIpc) is 3.20. The Morgan fingerprint density at radius 2 is 1.64 bits per heavy atom. The third-order valence-electron chi connectivity index (χ3n) is 9.28. The van der Waals surface area contributed by atoms with Gasteiger partial charge in [0.25, 0.3) is 0 Å². The second kappa shape index (κ2) is 12.1. The van der Waals surface area contributed by atoms with Crippen molar-refractivity contribution in [2.24, 2.45) is 4.99 Å². The quantitative estimate of drug-likeness (QED) is 0.239. The van der Waals surface area contributed by atoms with Crippen molar-refractivity contribution in [1.82, 2.24) is 4.90 Å². The van der Waals surface area contributed by atoms with Crippen molar-refractivity contribution in [3.05, 3.63) is 60.2 Å². The van der Waals surface area contributed by atoms with Crippen molar-refractivity contribution in [3.63, 3.8) is 0 Å². The van der Waals surface area contributed by atoms with Gasteiger partial charge in [-0.25, -0.2) is 0 Å². The number of fused-ring (bicyclic) bond motifs is 4. The first-order chi connectivity index (χ1) is 21.3. The number of carbonyl (C=O) groups excluding carboxylic acids is 2. The van der Waals surface area contributed by atoms with Crippen molar-refractivity contribution in [1.29, 1.82) is 0 Å². The number of esters is 1. The fourth-order valence-electron chi connectivity index (χ4n) is 6.76. The molecule has 9 nitrogen and oxygen atoms in total. The number of likely N-dealkylation sites (N-methyl/N-ethyl adjacent to an activating group) is 1. The zero-order valence-corrected chi connectivity index (χ0v) is 26.2. The molecule has 0 aromatic heterocycles. The first-order valence-corrected chi connectivity index (χ1v) is 15.7. The molecule has 0 aliphatic carbocycles. The fraction of sp³-hybridized carbons (Fsp3) is 0.457. The Morgan fingerprint density at radius 3 is 2.39 bits per heavy atom. The minimum absolute atomic E-state index is 0.0233. The van der Waals surface area contributed by atoms with E-state index in [0.29, 0.717) is 39.4 Å². The highest BCUT2D eigenvalue weighted by Gasteiger charge is 2.58. The summed E-state index contributed by atoms with van der Waals surface area (Å²) in [4.78, 5) is 36.4. The van der Waals surface area contributed by atoms with Gasteiger partial charge < -0.3 is 28.9 Å². The lowest BCUT2D eigenvalue weighted by Gasteiger charge is -2.45. The van der Waals surface area contributed by atoms with E-state index in [4.69, 9.17) is 19.2 Å². The number of nitrogens with zero attached hydrogens (tertiary/aromatic N) is 4. The van der Waals surface area contributed by atoms with Crippen LogP contribution in [0.1, 0.15) is 45.6 Å². The van der Waals surface area contributed by atoms with E-state index in [2.05, 4.69) is 73.2 Å². The predicted octanol–water partition coefficient (Wildman–Crippen LogP) is 5.46. The lowest BCUT2D eigenvalue weighted by Crippen LogP contribution is -2.61. The third-order valence-corrected chi connectivity index (χ3v) is 9.28. The van der Waals surface area contributed by atoms with Crippen LogP contribution in [-0.2, 0) is 24.5 Å². The van der Waals surface area contributed by atoms with E-state index in [-0.39, 0.29) is 36.7 Å². The maximum absolute atomic E-state index is 12.9. The number of hydrogen-bond acceptors (Lipinski definition) is 8. The molecule has 3 heterocycles. The van der Waals surface area contributed by atoms with Crippen LogP contribution in [0.25, 0.3) is 10.8 Å². The van der Waals surface area contributed by atoms with Gasteiger partial charge in [0.05, 0.1) is 24.7 Å². The summed E-state index contributed by atoms with van der Waals surface area (Å²) in [6.07, 6.45) is 3.13. The molecule has 3 aliphatic heterocycles. The summed E-state index contributed by atoms with van der Waals surface area (Å²) in [6, 6.07) is 18.9. The van der Waals surface area contributed by atoms with Gasteiger partial charge in [0.2, 0.25) is 11.6 Å². The number of benzene rings is 3. The number of hydrogen-bond donors (Lipinski definition) is 0. The van der Waals surface area contributed by atoms with Crippen LogP contribution in [0.3, 0.4) is 0 Å². The fourth-order valence-corrected chi connectivity index (χ4v) is 6.76. The number of rotatable bonds is 9. The van der Waals surface area contributed by atoms with E-state index in [1.54, 1.807) is 0 Å². The van der Waals surface area contributed by atoms with Crippen molar-refractivity contribution in [2.75, 3.05) is 62.8 Å². The van der Waals surface area contributed by atoms with Crippen molar-refractivity contribution in [3.8, 4) is 5.75 Å². The number of para-hydroxylation sites is 1. The molecule has 0 radical (unpaired) electrons. The molecule has 1 fully saturated rings. The molecule has 1 spiro atoms.